The van der Waals surface area contributed by atoms with Gasteiger partial charge in [0, 0.05) is 31.9 Å². The minimum Gasteiger partial charge on any atom is -0.377 e. The van der Waals surface area contributed by atoms with E-state index in [0.29, 0.717) is 0 Å². The van der Waals surface area contributed by atoms with Crippen molar-refractivity contribution in [3.63, 3.8) is 0 Å². The van der Waals surface area contributed by atoms with E-state index in [2.05, 4.69) is 17.0 Å². The lowest BCUT2D eigenvalue weighted by Gasteiger charge is -2.17. The molecule has 2 aromatic carbocycles. The summed E-state index contributed by atoms with van der Waals surface area (Å²) in [6.45, 7) is 0. The average molecular weight is 256 g/mol. The molecule has 0 bridgehead atoms. The summed E-state index contributed by atoms with van der Waals surface area (Å²) < 4.78 is 0. The van der Waals surface area contributed by atoms with E-state index in [0.717, 1.165) is 12.0 Å². The van der Waals surface area contributed by atoms with Crippen LogP contribution in [0.4, 0.5) is 11.4 Å². The van der Waals surface area contributed by atoms with E-state index in [1.54, 1.807) is 12.1 Å². The highest BCUT2D eigenvalue weighted by molar-refractivity contribution is 5.54. The van der Waals surface area contributed by atoms with Crippen molar-refractivity contribution in [1.29, 1.82) is 0 Å². The lowest BCUT2D eigenvalue weighted by Crippen LogP contribution is -2.11. The van der Waals surface area contributed by atoms with Gasteiger partial charge >= 0.3 is 0 Å². The number of nitro benzene ring substituents is 1. The predicted molar refractivity (Wildman–Crippen MR) is 76.7 cm³/mol. The van der Waals surface area contributed by atoms with E-state index in [9.17, 15) is 10.1 Å². The van der Waals surface area contributed by atoms with Crippen LogP contribution >= 0.6 is 0 Å². The topological polar surface area (TPSA) is 46.4 Å². The van der Waals surface area contributed by atoms with E-state index < -0.39 is 0 Å². The number of benzene rings is 2. The molecule has 0 radical (unpaired) electrons. The van der Waals surface area contributed by atoms with Crippen LogP contribution in [0, 0.1) is 10.1 Å². The number of rotatable bonds is 4. The molecule has 0 aromatic heterocycles. The fourth-order valence-corrected chi connectivity index (χ4v) is 2.05. The second kappa shape index (κ2) is 5.52. The zero-order valence-electron chi connectivity index (χ0n) is 11.0. The molecule has 0 N–H and O–H groups in total. The van der Waals surface area contributed by atoms with Crippen molar-refractivity contribution in [2.75, 3.05) is 19.0 Å². The van der Waals surface area contributed by atoms with Gasteiger partial charge < -0.3 is 4.90 Å². The Hall–Kier alpha value is -2.36. The minimum absolute atomic E-state index is 0.129. The fourth-order valence-electron chi connectivity index (χ4n) is 2.05. The Bertz CT molecular complexity index is 577. The normalized spacial score (nSPS) is 10.2. The second-order valence-corrected chi connectivity index (χ2v) is 4.62. The molecule has 0 aliphatic carbocycles. The molecule has 0 aliphatic rings. The summed E-state index contributed by atoms with van der Waals surface area (Å²) >= 11 is 0. The molecule has 98 valence electrons. The van der Waals surface area contributed by atoms with Gasteiger partial charge in [-0.15, -0.1) is 0 Å². The zero-order chi connectivity index (χ0) is 13.8. The standard InChI is InChI=1S/C15H16N2O2/c1-16(2)15-6-4-3-5-13(15)11-12-7-9-14(10-8-12)17(18)19/h3-10H,11H2,1-2H3. The number of nitro groups is 1. The van der Waals surface area contributed by atoms with Crippen LogP contribution in [0.15, 0.2) is 48.5 Å². The third-order valence-corrected chi connectivity index (χ3v) is 3.02. The van der Waals surface area contributed by atoms with Gasteiger partial charge in [-0.3, -0.25) is 10.1 Å². The van der Waals surface area contributed by atoms with Crippen molar-refractivity contribution in [3.8, 4) is 0 Å². The van der Waals surface area contributed by atoms with Crippen LogP contribution in [-0.4, -0.2) is 19.0 Å². The quantitative estimate of drug-likeness (QED) is 0.623. The predicted octanol–water partition coefficient (Wildman–Crippen LogP) is 3.25. The fraction of sp³-hybridized carbons (Fsp3) is 0.200. The van der Waals surface area contributed by atoms with Crippen molar-refractivity contribution >= 4 is 11.4 Å². The molecular weight excluding hydrogens is 240 g/mol. The van der Waals surface area contributed by atoms with Gasteiger partial charge in [0.15, 0.2) is 0 Å². The van der Waals surface area contributed by atoms with Crippen molar-refractivity contribution in [2.24, 2.45) is 0 Å². The monoisotopic (exact) mass is 256 g/mol. The van der Waals surface area contributed by atoms with Gasteiger partial charge in [0.25, 0.3) is 5.69 Å². The Morgan fingerprint density at radius 2 is 1.68 bits per heavy atom. The average Bonchev–Trinajstić information content (AvgIpc) is 2.39. The van der Waals surface area contributed by atoms with Crippen LogP contribution in [0.25, 0.3) is 0 Å². The molecule has 0 fully saturated rings. The van der Waals surface area contributed by atoms with Crippen LogP contribution in [0.1, 0.15) is 11.1 Å². The second-order valence-electron chi connectivity index (χ2n) is 4.62. The van der Waals surface area contributed by atoms with Crippen LogP contribution in [-0.2, 0) is 6.42 Å². The third-order valence-electron chi connectivity index (χ3n) is 3.02. The first-order chi connectivity index (χ1) is 9.08. The molecule has 0 atom stereocenters. The molecule has 4 heteroatoms. The summed E-state index contributed by atoms with van der Waals surface area (Å²) in [6.07, 6.45) is 0.770. The highest BCUT2D eigenvalue weighted by Crippen LogP contribution is 2.22. The van der Waals surface area contributed by atoms with Crippen LogP contribution in [0.5, 0.6) is 0 Å². The van der Waals surface area contributed by atoms with Gasteiger partial charge in [0.05, 0.1) is 4.92 Å². The molecule has 2 aromatic rings. The van der Waals surface area contributed by atoms with Gasteiger partial charge in [0.2, 0.25) is 0 Å². The Balaban J connectivity index is 2.24. The Morgan fingerprint density at radius 3 is 2.26 bits per heavy atom. The largest absolute Gasteiger partial charge is 0.377 e. The van der Waals surface area contributed by atoms with Gasteiger partial charge in [-0.05, 0) is 23.6 Å². The maximum absolute atomic E-state index is 10.6. The first-order valence-electron chi connectivity index (χ1n) is 6.06. The molecule has 0 saturated carbocycles. The summed E-state index contributed by atoms with van der Waals surface area (Å²) in [7, 11) is 4.02. The first-order valence-corrected chi connectivity index (χ1v) is 6.06. The van der Waals surface area contributed by atoms with Crippen molar-refractivity contribution in [2.45, 2.75) is 6.42 Å². The van der Waals surface area contributed by atoms with Crippen molar-refractivity contribution < 1.29 is 4.92 Å². The Morgan fingerprint density at radius 1 is 1.05 bits per heavy atom. The highest BCUT2D eigenvalue weighted by atomic mass is 16.6. The molecule has 0 saturated heterocycles. The molecule has 0 unspecified atom stereocenters. The lowest BCUT2D eigenvalue weighted by molar-refractivity contribution is -0.384. The maximum Gasteiger partial charge on any atom is 0.269 e. The Kier molecular flexibility index (Phi) is 3.80. The van der Waals surface area contributed by atoms with Crippen LogP contribution in [0.2, 0.25) is 0 Å². The molecule has 0 amide bonds. The van der Waals surface area contributed by atoms with Gasteiger partial charge in [-0.2, -0.15) is 0 Å². The number of para-hydroxylation sites is 1. The minimum atomic E-state index is -0.377. The summed E-state index contributed by atoms with van der Waals surface area (Å²) in [6, 6.07) is 14.9. The van der Waals surface area contributed by atoms with E-state index in [1.165, 1.54) is 11.3 Å². The van der Waals surface area contributed by atoms with Crippen molar-refractivity contribution in [1.82, 2.24) is 0 Å². The van der Waals surface area contributed by atoms with E-state index in [-0.39, 0.29) is 10.6 Å². The first kappa shape index (κ1) is 13.1. The van der Waals surface area contributed by atoms with Gasteiger partial charge in [0.1, 0.15) is 0 Å². The highest BCUT2D eigenvalue weighted by Gasteiger charge is 2.07. The number of hydrogen-bond acceptors (Lipinski definition) is 3. The third kappa shape index (κ3) is 3.10. The molecule has 0 aliphatic heterocycles. The number of anilines is 1. The summed E-state index contributed by atoms with van der Waals surface area (Å²) in [5, 5.41) is 10.6. The smallest absolute Gasteiger partial charge is 0.269 e. The molecule has 2 rings (SSSR count). The molecular formula is C15H16N2O2. The summed E-state index contributed by atoms with van der Waals surface area (Å²) in [5.74, 6) is 0. The van der Waals surface area contributed by atoms with E-state index in [4.69, 9.17) is 0 Å². The van der Waals surface area contributed by atoms with E-state index in [1.807, 2.05) is 38.4 Å². The summed E-state index contributed by atoms with van der Waals surface area (Å²) in [5.41, 5.74) is 3.58. The molecule has 19 heavy (non-hydrogen) atoms. The zero-order valence-corrected chi connectivity index (χ0v) is 11.0. The molecule has 4 nitrogen and oxygen atoms in total. The van der Waals surface area contributed by atoms with Crippen LogP contribution < -0.4 is 4.90 Å². The Labute approximate surface area is 112 Å². The van der Waals surface area contributed by atoms with Gasteiger partial charge in [-0.25, -0.2) is 0 Å². The number of hydrogen-bond donors (Lipinski definition) is 0. The van der Waals surface area contributed by atoms with E-state index >= 15 is 0 Å². The maximum atomic E-state index is 10.6. The molecule has 0 spiro atoms. The molecule has 0 heterocycles. The number of non-ortho nitro benzene ring substituents is 1. The SMILES string of the molecule is CN(C)c1ccccc1Cc1ccc([N+](=O)[O-])cc1. The van der Waals surface area contributed by atoms with Crippen LogP contribution in [0.3, 0.4) is 0 Å². The van der Waals surface area contributed by atoms with Gasteiger partial charge in [-0.1, -0.05) is 30.3 Å². The summed E-state index contributed by atoms with van der Waals surface area (Å²) in [4.78, 5) is 12.3. The lowest BCUT2D eigenvalue weighted by atomic mass is 10.0. The van der Waals surface area contributed by atoms with Crippen molar-refractivity contribution in [3.05, 3.63) is 69.8 Å². The number of nitrogens with zero attached hydrogens (tertiary/aromatic N) is 2.